The van der Waals surface area contributed by atoms with Crippen molar-refractivity contribution < 1.29 is 4.74 Å². The normalized spacial score (nSPS) is 14.8. The third kappa shape index (κ3) is 3.33. The predicted molar refractivity (Wildman–Crippen MR) is 76.6 cm³/mol. The summed E-state index contributed by atoms with van der Waals surface area (Å²) in [6.45, 7) is 2.30. The highest BCUT2D eigenvalue weighted by Gasteiger charge is 2.20. The fraction of sp³-hybridized carbons (Fsp3) is 0.429. The van der Waals surface area contributed by atoms with Gasteiger partial charge in [0.15, 0.2) is 0 Å². The lowest BCUT2D eigenvalue weighted by atomic mass is 10.2. The molecule has 0 radical (unpaired) electrons. The molecule has 1 fully saturated rings. The maximum absolute atomic E-state index is 5.92. The second-order valence-corrected chi connectivity index (χ2v) is 5.14. The first-order valence-corrected chi connectivity index (χ1v) is 6.94. The predicted octanol–water partition coefficient (Wildman–Crippen LogP) is 3.12. The number of rotatable bonds is 6. The third-order valence-corrected chi connectivity index (χ3v) is 3.33. The minimum Gasteiger partial charge on any atom is -0.379 e. The van der Waals surface area contributed by atoms with Gasteiger partial charge in [-0.2, -0.15) is 0 Å². The van der Waals surface area contributed by atoms with Crippen molar-refractivity contribution in [3.63, 3.8) is 0 Å². The summed E-state index contributed by atoms with van der Waals surface area (Å²) in [6.07, 6.45) is 2.64. The molecule has 0 aliphatic heterocycles. The minimum atomic E-state index is 0.264. The average Bonchev–Trinajstić information content (AvgIpc) is 3.22. The Kier molecular flexibility index (Phi) is 3.80. The lowest BCUT2D eigenvalue weighted by molar-refractivity contribution is 0.134. The Balaban J connectivity index is 1.62. The summed E-state index contributed by atoms with van der Waals surface area (Å²) in [5.41, 5.74) is 0.851. The topological polar surface area (TPSA) is 47.0 Å². The molecule has 4 nitrogen and oxygen atoms in total. The van der Waals surface area contributed by atoms with Gasteiger partial charge >= 0.3 is 0 Å². The summed E-state index contributed by atoms with van der Waals surface area (Å²) in [4.78, 5) is 8.43. The fourth-order valence-electron chi connectivity index (χ4n) is 1.96. The molecule has 1 saturated carbocycles. The van der Waals surface area contributed by atoms with Gasteiger partial charge in [0.25, 0.3) is 0 Å². The molecule has 5 heteroatoms. The number of hydrogen-bond acceptors (Lipinski definition) is 4. The Labute approximate surface area is 117 Å². The van der Waals surface area contributed by atoms with Crippen molar-refractivity contribution in [1.29, 1.82) is 0 Å². The minimum absolute atomic E-state index is 0.264. The first kappa shape index (κ1) is 12.6. The van der Waals surface area contributed by atoms with Crippen LogP contribution in [0.2, 0.25) is 5.28 Å². The van der Waals surface area contributed by atoms with Crippen molar-refractivity contribution in [2.75, 3.05) is 25.1 Å². The van der Waals surface area contributed by atoms with Crippen LogP contribution in [0.25, 0.3) is 10.9 Å². The third-order valence-electron chi connectivity index (χ3n) is 3.17. The van der Waals surface area contributed by atoms with Crippen LogP contribution >= 0.6 is 11.6 Å². The van der Waals surface area contributed by atoms with Crippen LogP contribution in [-0.4, -0.2) is 29.7 Å². The van der Waals surface area contributed by atoms with Crippen molar-refractivity contribution >= 4 is 28.3 Å². The Bertz CT molecular complexity index is 572. The Morgan fingerprint density at radius 3 is 2.95 bits per heavy atom. The van der Waals surface area contributed by atoms with Gasteiger partial charge in [0.2, 0.25) is 5.28 Å². The van der Waals surface area contributed by atoms with Crippen molar-refractivity contribution in [3.05, 3.63) is 29.5 Å². The monoisotopic (exact) mass is 277 g/mol. The van der Waals surface area contributed by atoms with Gasteiger partial charge in [-0.3, -0.25) is 0 Å². The zero-order valence-corrected chi connectivity index (χ0v) is 11.4. The van der Waals surface area contributed by atoms with Crippen molar-refractivity contribution in [1.82, 2.24) is 9.97 Å². The molecule has 1 heterocycles. The van der Waals surface area contributed by atoms with E-state index in [0.717, 1.165) is 35.8 Å². The molecule has 0 spiro atoms. The highest BCUT2D eigenvalue weighted by molar-refractivity contribution is 6.28. The van der Waals surface area contributed by atoms with Crippen molar-refractivity contribution in [2.24, 2.45) is 5.92 Å². The summed E-state index contributed by atoms with van der Waals surface area (Å²) < 4.78 is 5.58. The van der Waals surface area contributed by atoms with E-state index in [4.69, 9.17) is 16.3 Å². The summed E-state index contributed by atoms with van der Waals surface area (Å²) in [5.74, 6) is 1.57. The first-order chi connectivity index (χ1) is 9.33. The van der Waals surface area contributed by atoms with Crippen molar-refractivity contribution in [3.8, 4) is 0 Å². The molecule has 2 aromatic rings. The number of aromatic nitrogens is 2. The van der Waals surface area contributed by atoms with Gasteiger partial charge in [-0.25, -0.2) is 9.97 Å². The van der Waals surface area contributed by atoms with E-state index < -0.39 is 0 Å². The summed E-state index contributed by atoms with van der Waals surface area (Å²) in [5, 5.41) is 4.51. The number of hydrogen-bond donors (Lipinski definition) is 1. The Morgan fingerprint density at radius 1 is 1.26 bits per heavy atom. The largest absolute Gasteiger partial charge is 0.379 e. The zero-order chi connectivity index (χ0) is 13.1. The summed E-state index contributed by atoms with van der Waals surface area (Å²) >= 11 is 5.92. The van der Waals surface area contributed by atoms with E-state index in [1.807, 2.05) is 24.3 Å². The van der Waals surface area contributed by atoms with Gasteiger partial charge < -0.3 is 10.1 Å². The summed E-state index contributed by atoms with van der Waals surface area (Å²) in [6, 6.07) is 7.82. The van der Waals surface area contributed by atoms with Crippen LogP contribution in [-0.2, 0) is 4.74 Å². The summed E-state index contributed by atoms with van der Waals surface area (Å²) in [7, 11) is 0. The van der Waals surface area contributed by atoms with Crippen molar-refractivity contribution in [2.45, 2.75) is 12.8 Å². The molecule has 1 aromatic heterocycles. The molecule has 0 atom stereocenters. The molecule has 0 bridgehead atoms. The number of benzene rings is 1. The van der Waals surface area contributed by atoms with E-state index >= 15 is 0 Å². The van der Waals surface area contributed by atoms with Gasteiger partial charge in [-0.15, -0.1) is 0 Å². The van der Waals surface area contributed by atoms with Crippen LogP contribution in [0, 0.1) is 5.92 Å². The SMILES string of the molecule is Clc1nc(NCCOCC2CC2)c2ccccc2n1. The van der Waals surface area contributed by atoms with E-state index in [1.165, 1.54) is 12.8 Å². The van der Waals surface area contributed by atoms with E-state index in [2.05, 4.69) is 15.3 Å². The molecule has 0 saturated heterocycles. The number of fused-ring (bicyclic) bond motifs is 1. The number of nitrogens with one attached hydrogen (secondary N) is 1. The molecule has 0 amide bonds. The fourth-order valence-corrected chi connectivity index (χ4v) is 2.13. The average molecular weight is 278 g/mol. The molecule has 19 heavy (non-hydrogen) atoms. The van der Waals surface area contributed by atoms with E-state index in [1.54, 1.807) is 0 Å². The lowest BCUT2D eigenvalue weighted by Gasteiger charge is -2.09. The maximum Gasteiger partial charge on any atom is 0.224 e. The first-order valence-electron chi connectivity index (χ1n) is 6.57. The molecule has 1 aliphatic carbocycles. The van der Waals surface area contributed by atoms with Crippen LogP contribution in [0.5, 0.6) is 0 Å². The second kappa shape index (κ2) is 5.72. The number of ether oxygens (including phenoxy) is 1. The highest BCUT2D eigenvalue weighted by Crippen LogP contribution is 2.28. The molecule has 0 unspecified atom stereocenters. The van der Waals surface area contributed by atoms with E-state index in [-0.39, 0.29) is 5.28 Å². The molecular weight excluding hydrogens is 262 g/mol. The van der Waals surface area contributed by atoms with Gasteiger partial charge in [-0.05, 0) is 42.5 Å². The second-order valence-electron chi connectivity index (χ2n) is 4.80. The van der Waals surface area contributed by atoms with Crippen LogP contribution < -0.4 is 5.32 Å². The van der Waals surface area contributed by atoms with Gasteiger partial charge in [0, 0.05) is 18.5 Å². The molecular formula is C14H16ClN3O. The maximum atomic E-state index is 5.92. The Hall–Kier alpha value is -1.39. The van der Waals surface area contributed by atoms with Gasteiger partial charge in [0.05, 0.1) is 12.1 Å². The lowest BCUT2D eigenvalue weighted by Crippen LogP contribution is -2.12. The van der Waals surface area contributed by atoms with E-state index in [0.29, 0.717) is 6.61 Å². The van der Waals surface area contributed by atoms with Gasteiger partial charge in [-0.1, -0.05) is 12.1 Å². The molecule has 100 valence electrons. The smallest absolute Gasteiger partial charge is 0.224 e. The van der Waals surface area contributed by atoms with Crippen LogP contribution in [0.4, 0.5) is 5.82 Å². The van der Waals surface area contributed by atoms with Crippen LogP contribution in [0.3, 0.4) is 0 Å². The van der Waals surface area contributed by atoms with E-state index in [9.17, 15) is 0 Å². The van der Waals surface area contributed by atoms with Gasteiger partial charge in [0.1, 0.15) is 5.82 Å². The number of halogens is 1. The number of anilines is 1. The quantitative estimate of drug-likeness (QED) is 0.651. The molecule has 1 N–H and O–H groups in total. The number of para-hydroxylation sites is 1. The zero-order valence-electron chi connectivity index (χ0n) is 10.6. The molecule has 1 aromatic carbocycles. The van der Waals surface area contributed by atoms with Crippen LogP contribution in [0.1, 0.15) is 12.8 Å². The molecule has 1 aliphatic rings. The number of nitrogens with zero attached hydrogens (tertiary/aromatic N) is 2. The van der Waals surface area contributed by atoms with Crippen LogP contribution in [0.15, 0.2) is 24.3 Å². The highest BCUT2D eigenvalue weighted by atomic mass is 35.5. The Morgan fingerprint density at radius 2 is 2.11 bits per heavy atom. The standard InChI is InChI=1S/C14H16ClN3O/c15-14-17-12-4-2-1-3-11(12)13(18-14)16-7-8-19-9-10-5-6-10/h1-4,10H,5-9H2,(H,16,17,18). The molecule has 3 rings (SSSR count).